The number of thioether (sulfide) groups is 1. The molecule has 13 heavy (non-hydrogen) atoms. The maximum Gasteiger partial charge on any atom is 0.230 e. The first-order valence-electron chi connectivity index (χ1n) is 5.13. The van der Waals surface area contributed by atoms with Crippen molar-refractivity contribution in [2.75, 3.05) is 5.75 Å². The van der Waals surface area contributed by atoms with E-state index in [-0.39, 0.29) is 11.2 Å². The Morgan fingerprint density at radius 3 is 2.46 bits per heavy atom. The van der Waals surface area contributed by atoms with Crippen molar-refractivity contribution in [3.63, 3.8) is 0 Å². The van der Waals surface area contributed by atoms with Crippen LogP contribution < -0.4 is 5.73 Å². The lowest BCUT2D eigenvalue weighted by atomic mass is 10.2. The van der Waals surface area contributed by atoms with Gasteiger partial charge in [0.15, 0.2) is 0 Å². The molecule has 0 spiro atoms. The van der Waals surface area contributed by atoms with Crippen molar-refractivity contribution in [3.8, 4) is 0 Å². The summed E-state index contributed by atoms with van der Waals surface area (Å²) < 4.78 is 0. The van der Waals surface area contributed by atoms with Gasteiger partial charge in [0.25, 0.3) is 0 Å². The van der Waals surface area contributed by atoms with Crippen molar-refractivity contribution in [2.24, 2.45) is 5.73 Å². The molecule has 1 amide bonds. The number of carbonyl (C=O) groups excluding carboxylic acids is 1. The van der Waals surface area contributed by atoms with Gasteiger partial charge in [-0.25, -0.2) is 0 Å². The third kappa shape index (κ3) is 6.94. The Bertz CT molecular complexity index is 139. The van der Waals surface area contributed by atoms with Gasteiger partial charge in [-0.15, -0.1) is 11.8 Å². The zero-order valence-corrected chi connectivity index (χ0v) is 9.53. The predicted octanol–water partition coefficient (Wildman–Crippen LogP) is 2.56. The number of carbonyl (C=O) groups is 1. The molecule has 78 valence electrons. The molecule has 0 fully saturated rings. The molecule has 0 aromatic carbocycles. The molecule has 3 heteroatoms. The minimum Gasteiger partial charge on any atom is -0.369 e. The Balaban J connectivity index is 3.33. The van der Waals surface area contributed by atoms with E-state index in [1.165, 1.54) is 25.7 Å². The Kier molecular flexibility index (Phi) is 8.30. The molecule has 0 rings (SSSR count). The molecule has 0 aromatic rings. The highest BCUT2D eigenvalue weighted by Crippen LogP contribution is 2.16. The lowest BCUT2D eigenvalue weighted by Crippen LogP contribution is -2.25. The number of rotatable bonds is 8. The summed E-state index contributed by atoms with van der Waals surface area (Å²) in [5.41, 5.74) is 5.23. The van der Waals surface area contributed by atoms with Crippen LogP contribution in [0.4, 0.5) is 0 Å². The second-order valence-corrected chi connectivity index (χ2v) is 4.54. The van der Waals surface area contributed by atoms with E-state index in [9.17, 15) is 4.79 Å². The lowest BCUT2D eigenvalue weighted by Gasteiger charge is -2.09. The first-order chi connectivity index (χ1) is 6.22. The standard InChI is InChI=1S/C10H21NOS/c1-3-5-6-7-8-13-9(4-2)10(11)12/h9H,3-8H2,1-2H3,(H2,11,12). The summed E-state index contributed by atoms with van der Waals surface area (Å²) in [6.07, 6.45) is 5.90. The minimum absolute atomic E-state index is 0.0293. The van der Waals surface area contributed by atoms with Crippen molar-refractivity contribution in [1.82, 2.24) is 0 Å². The predicted molar refractivity (Wildman–Crippen MR) is 59.9 cm³/mol. The third-order valence-electron chi connectivity index (χ3n) is 2.01. The smallest absolute Gasteiger partial charge is 0.230 e. The number of hydrogen-bond acceptors (Lipinski definition) is 2. The summed E-state index contributed by atoms with van der Waals surface area (Å²) in [6.45, 7) is 4.21. The maximum absolute atomic E-state index is 10.9. The number of nitrogens with two attached hydrogens (primary N) is 1. The molecule has 0 aromatic heterocycles. The Labute approximate surface area is 85.6 Å². The second kappa shape index (κ2) is 8.42. The molecule has 2 nitrogen and oxygen atoms in total. The first-order valence-corrected chi connectivity index (χ1v) is 6.18. The fourth-order valence-electron chi connectivity index (χ4n) is 1.16. The molecule has 0 aliphatic carbocycles. The van der Waals surface area contributed by atoms with Crippen LogP contribution in [0.25, 0.3) is 0 Å². The number of amides is 1. The van der Waals surface area contributed by atoms with Gasteiger partial charge in [-0.3, -0.25) is 4.79 Å². The fourth-order valence-corrected chi connectivity index (χ4v) is 2.21. The van der Waals surface area contributed by atoms with Crippen molar-refractivity contribution in [2.45, 2.75) is 51.2 Å². The average molecular weight is 203 g/mol. The van der Waals surface area contributed by atoms with Crippen LogP contribution in [0.15, 0.2) is 0 Å². The Hall–Kier alpha value is -0.180. The SMILES string of the molecule is CCCCCCSC(CC)C(N)=O. The highest BCUT2D eigenvalue weighted by Gasteiger charge is 2.11. The lowest BCUT2D eigenvalue weighted by molar-refractivity contribution is -0.117. The summed E-state index contributed by atoms with van der Waals surface area (Å²) in [4.78, 5) is 10.9. The van der Waals surface area contributed by atoms with E-state index < -0.39 is 0 Å². The molecular formula is C10H21NOS. The fraction of sp³-hybridized carbons (Fsp3) is 0.900. The zero-order valence-electron chi connectivity index (χ0n) is 8.71. The van der Waals surface area contributed by atoms with E-state index in [1.54, 1.807) is 11.8 Å². The molecule has 0 radical (unpaired) electrons. The number of unbranched alkanes of at least 4 members (excludes halogenated alkanes) is 3. The number of primary amides is 1. The van der Waals surface area contributed by atoms with Crippen LogP contribution >= 0.6 is 11.8 Å². The van der Waals surface area contributed by atoms with Crippen LogP contribution in [0.2, 0.25) is 0 Å². The molecule has 1 atom stereocenters. The van der Waals surface area contributed by atoms with Crippen molar-refractivity contribution in [1.29, 1.82) is 0 Å². The van der Waals surface area contributed by atoms with Gasteiger partial charge in [0, 0.05) is 0 Å². The Morgan fingerprint density at radius 1 is 1.31 bits per heavy atom. The van der Waals surface area contributed by atoms with Gasteiger partial charge in [0.1, 0.15) is 0 Å². The van der Waals surface area contributed by atoms with Crippen LogP contribution in [-0.2, 0) is 4.79 Å². The second-order valence-electron chi connectivity index (χ2n) is 3.23. The normalized spacial score (nSPS) is 12.8. The third-order valence-corrected chi connectivity index (χ3v) is 3.50. The van der Waals surface area contributed by atoms with E-state index in [0.717, 1.165) is 12.2 Å². The molecule has 0 aliphatic heterocycles. The summed E-state index contributed by atoms with van der Waals surface area (Å²) in [5.74, 6) is 0.907. The molecule has 1 unspecified atom stereocenters. The summed E-state index contributed by atoms with van der Waals surface area (Å²) in [6, 6.07) is 0. The van der Waals surface area contributed by atoms with Gasteiger partial charge in [-0.2, -0.15) is 0 Å². The highest BCUT2D eigenvalue weighted by atomic mass is 32.2. The molecule has 0 aliphatic rings. The van der Waals surface area contributed by atoms with Crippen LogP contribution in [-0.4, -0.2) is 16.9 Å². The van der Waals surface area contributed by atoms with Gasteiger partial charge in [-0.05, 0) is 18.6 Å². The zero-order chi connectivity index (χ0) is 10.1. The average Bonchev–Trinajstić information content (AvgIpc) is 2.10. The van der Waals surface area contributed by atoms with Crippen LogP contribution in [0.3, 0.4) is 0 Å². The van der Waals surface area contributed by atoms with Gasteiger partial charge in [0.05, 0.1) is 5.25 Å². The number of hydrogen-bond donors (Lipinski definition) is 1. The topological polar surface area (TPSA) is 43.1 Å². The molecule has 0 saturated carbocycles. The van der Waals surface area contributed by atoms with Gasteiger partial charge in [0.2, 0.25) is 5.91 Å². The van der Waals surface area contributed by atoms with Crippen LogP contribution in [0.1, 0.15) is 46.0 Å². The van der Waals surface area contributed by atoms with Crippen molar-refractivity contribution in [3.05, 3.63) is 0 Å². The van der Waals surface area contributed by atoms with Crippen LogP contribution in [0.5, 0.6) is 0 Å². The van der Waals surface area contributed by atoms with Gasteiger partial charge >= 0.3 is 0 Å². The highest BCUT2D eigenvalue weighted by molar-refractivity contribution is 8.00. The van der Waals surface area contributed by atoms with Gasteiger partial charge in [-0.1, -0.05) is 33.1 Å². The largest absolute Gasteiger partial charge is 0.369 e. The molecule has 0 saturated heterocycles. The van der Waals surface area contributed by atoms with E-state index in [4.69, 9.17) is 5.73 Å². The van der Waals surface area contributed by atoms with E-state index in [0.29, 0.717) is 0 Å². The van der Waals surface area contributed by atoms with E-state index in [1.807, 2.05) is 6.92 Å². The summed E-state index contributed by atoms with van der Waals surface area (Å²) in [7, 11) is 0. The molecule has 2 N–H and O–H groups in total. The van der Waals surface area contributed by atoms with Crippen molar-refractivity contribution < 1.29 is 4.79 Å². The molecule has 0 heterocycles. The Morgan fingerprint density at radius 2 is 2.00 bits per heavy atom. The quantitative estimate of drug-likeness (QED) is 0.616. The maximum atomic E-state index is 10.9. The minimum atomic E-state index is -0.164. The van der Waals surface area contributed by atoms with Crippen LogP contribution in [0, 0.1) is 0 Å². The molecular weight excluding hydrogens is 182 g/mol. The van der Waals surface area contributed by atoms with E-state index in [2.05, 4.69) is 6.92 Å². The first kappa shape index (κ1) is 12.8. The van der Waals surface area contributed by atoms with Crippen molar-refractivity contribution >= 4 is 17.7 Å². The van der Waals surface area contributed by atoms with E-state index >= 15 is 0 Å². The van der Waals surface area contributed by atoms with Gasteiger partial charge < -0.3 is 5.73 Å². The summed E-state index contributed by atoms with van der Waals surface area (Å²) >= 11 is 1.71. The monoisotopic (exact) mass is 203 g/mol. The summed E-state index contributed by atoms with van der Waals surface area (Å²) in [5, 5.41) is 0.0293. The molecule has 0 bridgehead atoms.